The molecule has 1 aliphatic carbocycles. The van der Waals surface area contributed by atoms with E-state index in [1.807, 2.05) is 62.4 Å². The first-order valence-corrected chi connectivity index (χ1v) is 12.3. The molecule has 3 aromatic carbocycles. The first-order chi connectivity index (χ1) is 17.9. The number of esters is 2. The molecular weight excluding hydrogens is 472 g/mol. The lowest BCUT2D eigenvalue weighted by Crippen LogP contribution is -2.41. The SMILES string of the molecule is CCCC(=O)Oc1cccc(OC(=O)CCC)c1C(=O)NC(=O)NC1c2ccccc2-c2ccccc21. The number of rotatable bonds is 8. The number of benzene rings is 3. The van der Waals surface area contributed by atoms with Gasteiger partial charge in [-0.2, -0.15) is 0 Å². The molecule has 8 heteroatoms. The van der Waals surface area contributed by atoms with Gasteiger partial charge in [-0.25, -0.2) is 4.79 Å². The third kappa shape index (κ3) is 5.69. The van der Waals surface area contributed by atoms with E-state index < -0.39 is 29.9 Å². The maximum absolute atomic E-state index is 13.3. The zero-order chi connectivity index (χ0) is 26.4. The van der Waals surface area contributed by atoms with Crippen LogP contribution < -0.4 is 20.1 Å². The van der Waals surface area contributed by atoms with E-state index in [2.05, 4.69) is 10.6 Å². The minimum absolute atomic E-state index is 0.0953. The summed E-state index contributed by atoms with van der Waals surface area (Å²) in [5, 5.41) is 5.17. The van der Waals surface area contributed by atoms with Crippen molar-refractivity contribution in [2.45, 2.75) is 45.6 Å². The van der Waals surface area contributed by atoms with E-state index in [0.717, 1.165) is 22.3 Å². The van der Waals surface area contributed by atoms with Crippen LogP contribution in [0.1, 0.15) is 67.1 Å². The van der Waals surface area contributed by atoms with Crippen LogP contribution in [0.15, 0.2) is 66.7 Å². The Hall–Kier alpha value is -4.46. The molecule has 3 aromatic rings. The van der Waals surface area contributed by atoms with Crippen molar-refractivity contribution in [3.8, 4) is 22.6 Å². The molecule has 0 saturated carbocycles. The molecule has 0 heterocycles. The van der Waals surface area contributed by atoms with E-state index in [9.17, 15) is 19.2 Å². The first kappa shape index (κ1) is 25.6. The topological polar surface area (TPSA) is 111 Å². The Morgan fingerprint density at radius 3 is 1.68 bits per heavy atom. The van der Waals surface area contributed by atoms with E-state index in [-0.39, 0.29) is 29.9 Å². The van der Waals surface area contributed by atoms with Crippen LogP contribution >= 0.6 is 0 Å². The number of carbonyl (C=O) groups is 4. The van der Waals surface area contributed by atoms with Gasteiger partial charge in [0.1, 0.15) is 17.1 Å². The normalized spacial score (nSPS) is 11.7. The maximum atomic E-state index is 13.3. The van der Waals surface area contributed by atoms with E-state index in [0.29, 0.717) is 12.8 Å². The smallest absolute Gasteiger partial charge is 0.322 e. The lowest BCUT2D eigenvalue weighted by molar-refractivity contribution is -0.134. The van der Waals surface area contributed by atoms with Gasteiger partial charge in [0.15, 0.2) is 0 Å². The molecule has 190 valence electrons. The minimum Gasteiger partial charge on any atom is -0.426 e. The molecule has 8 nitrogen and oxygen atoms in total. The van der Waals surface area contributed by atoms with Crippen LogP contribution in [0.2, 0.25) is 0 Å². The van der Waals surface area contributed by atoms with Gasteiger partial charge < -0.3 is 14.8 Å². The molecule has 0 bridgehead atoms. The van der Waals surface area contributed by atoms with Crippen molar-refractivity contribution in [2.75, 3.05) is 0 Å². The molecule has 37 heavy (non-hydrogen) atoms. The second kappa shape index (κ2) is 11.5. The zero-order valence-electron chi connectivity index (χ0n) is 20.7. The van der Waals surface area contributed by atoms with Gasteiger partial charge in [0.2, 0.25) is 0 Å². The molecule has 0 aromatic heterocycles. The summed E-state index contributed by atoms with van der Waals surface area (Å²) in [6.07, 6.45) is 1.39. The molecule has 2 N–H and O–H groups in total. The van der Waals surface area contributed by atoms with Crippen molar-refractivity contribution in [2.24, 2.45) is 0 Å². The second-order valence-electron chi connectivity index (χ2n) is 8.61. The Balaban J connectivity index is 1.59. The van der Waals surface area contributed by atoms with Gasteiger partial charge in [-0.05, 0) is 47.2 Å². The molecule has 0 saturated heterocycles. The summed E-state index contributed by atoms with van der Waals surface area (Å²) in [7, 11) is 0. The van der Waals surface area contributed by atoms with Crippen molar-refractivity contribution < 1.29 is 28.7 Å². The highest BCUT2D eigenvalue weighted by molar-refractivity contribution is 6.08. The zero-order valence-corrected chi connectivity index (χ0v) is 20.7. The first-order valence-electron chi connectivity index (χ1n) is 12.3. The fourth-order valence-corrected chi connectivity index (χ4v) is 4.30. The van der Waals surface area contributed by atoms with Crippen molar-refractivity contribution in [1.82, 2.24) is 10.6 Å². The molecule has 0 unspecified atom stereocenters. The molecule has 0 fully saturated rings. The van der Waals surface area contributed by atoms with Crippen molar-refractivity contribution in [3.63, 3.8) is 0 Å². The van der Waals surface area contributed by atoms with Crippen LogP contribution in [-0.4, -0.2) is 23.9 Å². The van der Waals surface area contributed by atoms with Crippen LogP contribution in [0.25, 0.3) is 11.1 Å². The van der Waals surface area contributed by atoms with Gasteiger partial charge in [-0.1, -0.05) is 68.4 Å². The van der Waals surface area contributed by atoms with Gasteiger partial charge >= 0.3 is 18.0 Å². The number of fused-ring (bicyclic) bond motifs is 3. The number of hydrogen-bond acceptors (Lipinski definition) is 6. The lowest BCUT2D eigenvalue weighted by atomic mass is 10.1. The molecular formula is C29H28N2O6. The third-order valence-electron chi connectivity index (χ3n) is 5.91. The molecule has 0 aliphatic heterocycles. The Labute approximate surface area is 215 Å². The van der Waals surface area contributed by atoms with Gasteiger partial charge in [0, 0.05) is 12.8 Å². The largest absolute Gasteiger partial charge is 0.426 e. The Kier molecular flexibility index (Phi) is 7.98. The fraction of sp³-hybridized carbons (Fsp3) is 0.241. The predicted molar refractivity (Wildman–Crippen MR) is 137 cm³/mol. The second-order valence-corrected chi connectivity index (χ2v) is 8.61. The minimum atomic E-state index is -0.865. The number of ether oxygens (including phenoxy) is 2. The Morgan fingerprint density at radius 1 is 0.703 bits per heavy atom. The van der Waals surface area contributed by atoms with Crippen LogP contribution in [0.4, 0.5) is 4.79 Å². The molecule has 0 atom stereocenters. The van der Waals surface area contributed by atoms with E-state index in [4.69, 9.17) is 9.47 Å². The number of amides is 3. The summed E-state index contributed by atoms with van der Waals surface area (Å²) in [6.45, 7) is 3.64. The lowest BCUT2D eigenvalue weighted by Gasteiger charge is -2.17. The summed E-state index contributed by atoms with van der Waals surface area (Å²) >= 11 is 0. The molecule has 3 amide bonds. The van der Waals surface area contributed by atoms with Crippen LogP contribution in [0, 0.1) is 0 Å². The molecule has 1 aliphatic rings. The van der Waals surface area contributed by atoms with E-state index in [1.165, 1.54) is 18.2 Å². The highest BCUT2D eigenvalue weighted by atomic mass is 16.5. The highest BCUT2D eigenvalue weighted by Gasteiger charge is 2.30. The van der Waals surface area contributed by atoms with Crippen molar-refractivity contribution >= 4 is 23.9 Å². The van der Waals surface area contributed by atoms with Crippen LogP contribution in [-0.2, 0) is 9.59 Å². The average Bonchev–Trinajstić information content (AvgIpc) is 3.18. The fourth-order valence-electron chi connectivity index (χ4n) is 4.30. The third-order valence-corrected chi connectivity index (χ3v) is 5.91. The highest BCUT2D eigenvalue weighted by Crippen LogP contribution is 2.43. The van der Waals surface area contributed by atoms with Crippen molar-refractivity contribution in [3.05, 3.63) is 83.4 Å². The number of nitrogens with one attached hydrogen (secondary N) is 2. The quantitative estimate of drug-likeness (QED) is 0.320. The van der Waals surface area contributed by atoms with Gasteiger partial charge in [-0.15, -0.1) is 0 Å². The summed E-state index contributed by atoms with van der Waals surface area (Å²) in [5.41, 5.74) is 3.63. The summed E-state index contributed by atoms with van der Waals surface area (Å²) in [6, 6.07) is 18.6. The summed E-state index contributed by atoms with van der Waals surface area (Å²) in [4.78, 5) is 50.6. The number of imide groups is 1. The van der Waals surface area contributed by atoms with Gasteiger partial charge in [0.05, 0.1) is 6.04 Å². The maximum Gasteiger partial charge on any atom is 0.322 e. The van der Waals surface area contributed by atoms with E-state index in [1.54, 1.807) is 0 Å². The molecule has 0 spiro atoms. The number of carbonyl (C=O) groups excluding carboxylic acids is 4. The van der Waals surface area contributed by atoms with Crippen LogP contribution in [0.3, 0.4) is 0 Å². The Morgan fingerprint density at radius 2 is 1.19 bits per heavy atom. The average molecular weight is 501 g/mol. The standard InChI is InChI=1S/C29H28N2O6/c1-3-10-24(32)36-22-16-9-17-23(37-25(33)11-4-2)26(22)28(34)31-29(35)30-27-20-14-7-5-12-18(20)19-13-6-8-15-21(19)27/h5-9,12-17,27H,3-4,10-11H2,1-2H3,(H2,30,31,34,35). The molecule has 4 rings (SSSR count). The van der Waals surface area contributed by atoms with Crippen molar-refractivity contribution in [1.29, 1.82) is 0 Å². The Bertz CT molecular complexity index is 1270. The van der Waals surface area contributed by atoms with E-state index >= 15 is 0 Å². The predicted octanol–water partition coefficient (Wildman–Crippen LogP) is 5.31. The number of urea groups is 1. The summed E-state index contributed by atoms with van der Waals surface area (Å²) in [5.74, 6) is -2.14. The summed E-state index contributed by atoms with van der Waals surface area (Å²) < 4.78 is 10.7. The molecule has 0 radical (unpaired) electrons. The van der Waals surface area contributed by atoms with Crippen LogP contribution in [0.5, 0.6) is 11.5 Å². The monoisotopic (exact) mass is 500 g/mol. The van der Waals surface area contributed by atoms with Gasteiger partial charge in [-0.3, -0.25) is 19.7 Å². The number of hydrogen-bond donors (Lipinski definition) is 2. The van der Waals surface area contributed by atoms with Gasteiger partial charge in [0.25, 0.3) is 5.91 Å².